The molecule has 1 saturated carbocycles. The number of aromatic nitrogens is 3. The van der Waals surface area contributed by atoms with Gasteiger partial charge < -0.3 is 19.9 Å². The van der Waals surface area contributed by atoms with Crippen molar-refractivity contribution >= 4 is 29.9 Å². The minimum absolute atomic E-state index is 0. The SMILES string of the molecule is CN=C(NCCc1nnc2n1CCCCC2)NCC1(CCOC)CCC1.I. The predicted molar refractivity (Wildman–Crippen MR) is 119 cm³/mol. The number of aryl methyl sites for hydroxylation is 1. The molecule has 7 nitrogen and oxygen atoms in total. The first kappa shape index (κ1) is 22.4. The third-order valence-electron chi connectivity index (χ3n) is 5.93. The van der Waals surface area contributed by atoms with E-state index in [1.165, 1.54) is 38.5 Å². The number of rotatable bonds is 8. The van der Waals surface area contributed by atoms with E-state index in [0.29, 0.717) is 5.41 Å². The van der Waals surface area contributed by atoms with Gasteiger partial charge in [0.25, 0.3) is 0 Å². The summed E-state index contributed by atoms with van der Waals surface area (Å²) in [4.78, 5) is 4.37. The number of ether oxygens (including phenoxy) is 1. The Kier molecular flexibility index (Phi) is 9.28. The Bertz CT molecular complexity index is 599. The molecule has 0 bridgehead atoms. The Morgan fingerprint density at radius 3 is 2.74 bits per heavy atom. The second-order valence-electron chi connectivity index (χ2n) is 7.69. The summed E-state index contributed by atoms with van der Waals surface area (Å²) in [5.74, 6) is 3.13. The maximum Gasteiger partial charge on any atom is 0.191 e. The van der Waals surface area contributed by atoms with Gasteiger partial charge in [-0.3, -0.25) is 4.99 Å². The van der Waals surface area contributed by atoms with Crippen LogP contribution in [-0.4, -0.2) is 54.6 Å². The number of nitrogens with zero attached hydrogens (tertiary/aromatic N) is 4. The van der Waals surface area contributed by atoms with Crippen LogP contribution in [0.5, 0.6) is 0 Å². The van der Waals surface area contributed by atoms with E-state index in [0.717, 1.165) is 63.1 Å². The predicted octanol–water partition coefficient (Wildman–Crippen LogP) is 2.54. The maximum absolute atomic E-state index is 5.28. The lowest BCUT2D eigenvalue weighted by atomic mass is 9.67. The Morgan fingerprint density at radius 1 is 1.19 bits per heavy atom. The van der Waals surface area contributed by atoms with Crippen molar-refractivity contribution < 1.29 is 4.74 Å². The quantitative estimate of drug-likeness (QED) is 0.333. The van der Waals surface area contributed by atoms with Crippen LogP contribution in [0.2, 0.25) is 0 Å². The molecule has 2 aliphatic rings. The van der Waals surface area contributed by atoms with E-state index in [1.807, 2.05) is 7.05 Å². The fraction of sp³-hybridized carbons (Fsp3) is 0.842. The summed E-state index contributed by atoms with van der Waals surface area (Å²) in [6, 6.07) is 0. The first-order valence-electron chi connectivity index (χ1n) is 10.1. The average Bonchev–Trinajstić information content (AvgIpc) is 2.85. The summed E-state index contributed by atoms with van der Waals surface area (Å²) in [6.45, 7) is 3.69. The first-order chi connectivity index (χ1) is 12.8. The third kappa shape index (κ3) is 6.04. The summed E-state index contributed by atoms with van der Waals surface area (Å²) in [5.41, 5.74) is 0.387. The van der Waals surface area contributed by atoms with Crippen molar-refractivity contribution in [2.75, 3.05) is 33.9 Å². The van der Waals surface area contributed by atoms with E-state index in [2.05, 4.69) is 30.4 Å². The van der Waals surface area contributed by atoms with Crippen molar-refractivity contribution in [1.82, 2.24) is 25.4 Å². The molecule has 0 saturated heterocycles. The topological polar surface area (TPSA) is 76.4 Å². The lowest BCUT2D eigenvalue weighted by molar-refractivity contribution is 0.0732. The molecule has 1 fully saturated rings. The van der Waals surface area contributed by atoms with Gasteiger partial charge in [0, 0.05) is 53.2 Å². The molecule has 8 heteroatoms. The molecule has 1 aromatic rings. The standard InChI is InChI=1S/C19H34N6O.HI/c1-20-18(22-15-19(9-6-10-19)11-14-26-2)21-12-8-17-24-23-16-7-4-3-5-13-25(16)17;/h3-15H2,1-2H3,(H2,20,21,22);1H. The lowest BCUT2D eigenvalue weighted by Crippen LogP contribution is -2.47. The van der Waals surface area contributed by atoms with Crippen LogP contribution in [0.3, 0.4) is 0 Å². The summed E-state index contributed by atoms with van der Waals surface area (Å²) in [5, 5.41) is 15.7. The molecule has 1 aliphatic heterocycles. The number of hydrogen-bond donors (Lipinski definition) is 2. The number of aliphatic imine (C=N–C) groups is 1. The molecule has 0 aromatic carbocycles. The molecule has 0 unspecified atom stereocenters. The van der Waals surface area contributed by atoms with E-state index in [-0.39, 0.29) is 24.0 Å². The zero-order valence-electron chi connectivity index (χ0n) is 16.8. The van der Waals surface area contributed by atoms with Gasteiger partial charge in [-0.25, -0.2) is 0 Å². The fourth-order valence-corrected chi connectivity index (χ4v) is 4.03. The summed E-state index contributed by atoms with van der Waals surface area (Å²) >= 11 is 0. The van der Waals surface area contributed by atoms with Crippen LogP contribution >= 0.6 is 24.0 Å². The van der Waals surface area contributed by atoms with E-state index in [9.17, 15) is 0 Å². The van der Waals surface area contributed by atoms with Crippen molar-refractivity contribution in [1.29, 1.82) is 0 Å². The van der Waals surface area contributed by atoms with Gasteiger partial charge in [0.1, 0.15) is 11.6 Å². The highest BCUT2D eigenvalue weighted by Crippen LogP contribution is 2.43. The molecule has 2 heterocycles. The number of guanidine groups is 1. The molecule has 0 radical (unpaired) electrons. The largest absolute Gasteiger partial charge is 0.385 e. The van der Waals surface area contributed by atoms with E-state index in [4.69, 9.17) is 4.74 Å². The molecular weight excluding hydrogens is 455 g/mol. The second kappa shape index (κ2) is 11.2. The van der Waals surface area contributed by atoms with Crippen LogP contribution < -0.4 is 10.6 Å². The van der Waals surface area contributed by atoms with E-state index >= 15 is 0 Å². The highest BCUT2D eigenvalue weighted by atomic mass is 127. The van der Waals surface area contributed by atoms with E-state index in [1.54, 1.807) is 7.11 Å². The molecule has 0 spiro atoms. The van der Waals surface area contributed by atoms with Crippen LogP contribution in [0.25, 0.3) is 0 Å². The highest BCUT2D eigenvalue weighted by Gasteiger charge is 2.36. The Morgan fingerprint density at radius 2 is 2.04 bits per heavy atom. The third-order valence-corrected chi connectivity index (χ3v) is 5.93. The minimum atomic E-state index is 0. The minimum Gasteiger partial charge on any atom is -0.385 e. The van der Waals surface area contributed by atoms with Crippen molar-refractivity contribution in [3.63, 3.8) is 0 Å². The zero-order valence-corrected chi connectivity index (χ0v) is 19.1. The molecule has 154 valence electrons. The van der Waals surface area contributed by atoms with Crippen LogP contribution in [0.4, 0.5) is 0 Å². The molecular formula is C19H35IN6O. The number of methoxy groups -OCH3 is 1. The van der Waals surface area contributed by atoms with Gasteiger partial charge in [-0.1, -0.05) is 12.8 Å². The normalized spacial score (nSPS) is 18.7. The fourth-order valence-electron chi connectivity index (χ4n) is 4.03. The maximum atomic E-state index is 5.28. The molecule has 1 aliphatic carbocycles. The molecule has 0 atom stereocenters. The molecule has 3 rings (SSSR count). The Hall–Kier alpha value is -0.900. The van der Waals surface area contributed by atoms with Crippen LogP contribution in [0, 0.1) is 5.41 Å². The number of fused-ring (bicyclic) bond motifs is 1. The molecule has 0 amide bonds. The highest BCUT2D eigenvalue weighted by molar-refractivity contribution is 14.0. The summed E-state index contributed by atoms with van der Waals surface area (Å²) in [7, 11) is 3.62. The van der Waals surface area contributed by atoms with Crippen molar-refractivity contribution in [3.05, 3.63) is 11.6 Å². The Labute approximate surface area is 180 Å². The number of nitrogens with one attached hydrogen (secondary N) is 2. The van der Waals surface area contributed by atoms with Gasteiger partial charge in [0.05, 0.1) is 0 Å². The van der Waals surface area contributed by atoms with Gasteiger partial charge in [-0.2, -0.15) is 0 Å². The second-order valence-corrected chi connectivity index (χ2v) is 7.69. The molecule has 1 aromatic heterocycles. The Balaban J connectivity index is 0.00000261. The van der Waals surface area contributed by atoms with Crippen molar-refractivity contribution in [2.45, 2.75) is 64.3 Å². The van der Waals surface area contributed by atoms with Crippen molar-refractivity contribution in [2.24, 2.45) is 10.4 Å². The molecule has 27 heavy (non-hydrogen) atoms. The first-order valence-corrected chi connectivity index (χ1v) is 10.1. The van der Waals surface area contributed by atoms with Gasteiger partial charge >= 0.3 is 0 Å². The van der Waals surface area contributed by atoms with Gasteiger partial charge in [0.15, 0.2) is 5.96 Å². The lowest BCUT2D eigenvalue weighted by Gasteiger charge is -2.42. The monoisotopic (exact) mass is 490 g/mol. The van der Waals surface area contributed by atoms with Crippen molar-refractivity contribution in [3.8, 4) is 0 Å². The summed E-state index contributed by atoms with van der Waals surface area (Å²) in [6.07, 6.45) is 10.7. The number of halogens is 1. The van der Waals surface area contributed by atoms with Crippen LogP contribution in [0.1, 0.15) is 56.6 Å². The van der Waals surface area contributed by atoms with Gasteiger partial charge in [0.2, 0.25) is 0 Å². The molecule has 2 N–H and O–H groups in total. The average molecular weight is 490 g/mol. The van der Waals surface area contributed by atoms with E-state index < -0.39 is 0 Å². The zero-order chi connectivity index (χ0) is 18.2. The van der Waals surface area contributed by atoms with Crippen LogP contribution in [-0.2, 0) is 24.1 Å². The van der Waals surface area contributed by atoms with Gasteiger partial charge in [-0.05, 0) is 37.5 Å². The number of hydrogen-bond acceptors (Lipinski definition) is 4. The smallest absolute Gasteiger partial charge is 0.191 e. The van der Waals surface area contributed by atoms with Crippen LogP contribution in [0.15, 0.2) is 4.99 Å². The summed E-state index contributed by atoms with van der Waals surface area (Å²) < 4.78 is 7.60. The van der Waals surface area contributed by atoms with Gasteiger partial charge in [-0.15, -0.1) is 34.2 Å².